The Morgan fingerprint density at radius 1 is 1.14 bits per heavy atom. The molecule has 194 valence electrons. The van der Waals surface area contributed by atoms with E-state index in [0.29, 0.717) is 38.7 Å². The highest BCUT2D eigenvalue weighted by atomic mass is 16.5. The number of likely N-dealkylation sites (N-methyl/N-ethyl adjacent to an activating group) is 1. The highest BCUT2D eigenvalue weighted by Gasteiger charge is 2.71. The van der Waals surface area contributed by atoms with E-state index in [2.05, 4.69) is 6.92 Å². The van der Waals surface area contributed by atoms with Crippen molar-refractivity contribution in [2.75, 3.05) is 27.2 Å². The van der Waals surface area contributed by atoms with Crippen LogP contribution >= 0.6 is 0 Å². The van der Waals surface area contributed by atoms with Crippen LogP contribution < -0.4 is 0 Å². The van der Waals surface area contributed by atoms with E-state index in [1.54, 1.807) is 25.1 Å². The first-order valence-electron chi connectivity index (χ1n) is 13.1. The first kappa shape index (κ1) is 24.9. The molecule has 0 unspecified atom stereocenters. The van der Waals surface area contributed by atoms with Gasteiger partial charge in [-0.15, -0.1) is 0 Å². The van der Waals surface area contributed by atoms with E-state index in [1.807, 2.05) is 0 Å². The second-order valence-electron chi connectivity index (χ2n) is 12.3. The Labute approximate surface area is 207 Å². The van der Waals surface area contributed by atoms with E-state index in [4.69, 9.17) is 9.47 Å². The van der Waals surface area contributed by atoms with Crippen LogP contribution in [-0.4, -0.2) is 77.9 Å². The van der Waals surface area contributed by atoms with Gasteiger partial charge in [-0.25, -0.2) is 4.79 Å². The molecule has 0 amide bonds. The Hall–Kier alpha value is -1.77. The van der Waals surface area contributed by atoms with Crippen molar-refractivity contribution in [3.63, 3.8) is 0 Å². The summed E-state index contributed by atoms with van der Waals surface area (Å²) in [4.78, 5) is 38.6. The monoisotopic (exact) mass is 489 g/mol. The van der Waals surface area contributed by atoms with E-state index in [1.165, 1.54) is 0 Å². The summed E-state index contributed by atoms with van der Waals surface area (Å²) in [5.41, 5.74) is -2.56. The topological polar surface area (TPSA) is 113 Å². The fraction of sp³-hybridized carbons (Fsp3) is 0.815. The van der Waals surface area contributed by atoms with Crippen LogP contribution in [0.1, 0.15) is 64.7 Å². The summed E-state index contributed by atoms with van der Waals surface area (Å²) in [7, 11) is 3.61. The molecule has 1 aliphatic heterocycles. The largest absolute Gasteiger partial charge is 0.461 e. The van der Waals surface area contributed by atoms with Gasteiger partial charge in [0, 0.05) is 17.9 Å². The molecule has 1 heterocycles. The third-order valence-corrected chi connectivity index (χ3v) is 10.6. The van der Waals surface area contributed by atoms with E-state index in [-0.39, 0.29) is 42.7 Å². The molecule has 8 nitrogen and oxygen atoms in total. The molecular weight excluding hydrogens is 450 g/mol. The van der Waals surface area contributed by atoms with Crippen molar-refractivity contribution in [3.8, 4) is 0 Å². The first-order chi connectivity index (χ1) is 16.5. The highest BCUT2D eigenvalue weighted by molar-refractivity contribution is 5.85. The second-order valence-corrected chi connectivity index (χ2v) is 12.3. The molecule has 4 aliphatic carbocycles. The van der Waals surface area contributed by atoms with E-state index >= 15 is 0 Å². The van der Waals surface area contributed by atoms with Crippen molar-refractivity contribution >= 4 is 18.2 Å². The normalized spacial score (nSPS) is 46.8. The summed E-state index contributed by atoms with van der Waals surface area (Å²) < 4.78 is 10.9. The van der Waals surface area contributed by atoms with Crippen LogP contribution in [-0.2, 0) is 23.9 Å². The lowest BCUT2D eigenvalue weighted by Gasteiger charge is -2.65. The Kier molecular flexibility index (Phi) is 5.97. The van der Waals surface area contributed by atoms with Gasteiger partial charge in [0.2, 0.25) is 0 Å². The summed E-state index contributed by atoms with van der Waals surface area (Å²) in [6, 6.07) is 0. The van der Waals surface area contributed by atoms with Crippen molar-refractivity contribution in [1.82, 2.24) is 4.90 Å². The standard InChI is InChI=1S/C27H39NO7/c1-24-8-5-20-21(27(24,33)11-7-19(24)17-12-22(30)34-15-17)6-10-26(32)13-18(4-9-25(20,26)16-29)35-23(31)14-28(2)3/h12,16,18-21,32-33H,4-11,13-15H2,1-3H3/t18-,19+,20-,21+,24+,25-,26-,27-/m0/s1. The van der Waals surface area contributed by atoms with E-state index in [0.717, 1.165) is 31.1 Å². The average molecular weight is 490 g/mol. The van der Waals surface area contributed by atoms with Gasteiger partial charge in [-0.3, -0.25) is 9.69 Å². The third-order valence-electron chi connectivity index (χ3n) is 10.6. The fourth-order valence-corrected chi connectivity index (χ4v) is 8.90. The summed E-state index contributed by atoms with van der Waals surface area (Å²) in [5, 5.41) is 24.2. The lowest BCUT2D eigenvalue weighted by atomic mass is 9.41. The molecule has 4 saturated carbocycles. The zero-order valence-corrected chi connectivity index (χ0v) is 21.1. The molecule has 5 rings (SSSR count). The minimum atomic E-state index is -1.24. The van der Waals surface area contributed by atoms with Crippen LogP contribution in [0.5, 0.6) is 0 Å². The Morgan fingerprint density at radius 2 is 1.89 bits per heavy atom. The molecule has 8 heteroatoms. The summed E-state index contributed by atoms with van der Waals surface area (Å²) in [6.45, 7) is 2.62. The average Bonchev–Trinajstić information content (AvgIpc) is 3.32. The van der Waals surface area contributed by atoms with Crippen molar-refractivity contribution in [2.45, 2.75) is 82.0 Å². The maximum atomic E-state index is 12.8. The predicted octanol–water partition coefficient (Wildman–Crippen LogP) is 2.01. The maximum Gasteiger partial charge on any atom is 0.331 e. The first-order valence-corrected chi connectivity index (χ1v) is 13.1. The van der Waals surface area contributed by atoms with Gasteiger partial charge in [0.15, 0.2) is 0 Å². The van der Waals surface area contributed by atoms with Gasteiger partial charge in [0.25, 0.3) is 0 Å². The number of hydrogen-bond donors (Lipinski definition) is 2. The van der Waals surface area contributed by atoms with Gasteiger partial charge in [-0.2, -0.15) is 0 Å². The van der Waals surface area contributed by atoms with Crippen LogP contribution in [0.4, 0.5) is 0 Å². The van der Waals surface area contributed by atoms with Crippen LogP contribution in [0.3, 0.4) is 0 Å². The van der Waals surface area contributed by atoms with Crippen molar-refractivity contribution < 1.29 is 34.1 Å². The summed E-state index contributed by atoms with van der Waals surface area (Å²) in [5.74, 6) is -0.759. The molecule has 5 aliphatic rings. The lowest BCUT2D eigenvalue weighted by Crippen LogP contribution is -2.69. The molecule has 0 aromatic heterocycles. The minimum Gasteiger partial charge on any atom is -0.461 e. The van der Waals surface area contributed by atoms with Crippen LogP contribution in [0.2, 0.25) is 0 Å². The minimum absolute atomic E-state index is 0.0831. The molecule has 0 saturated heterocycles. The number of esters is 2. The van der Waals surface area contributed by atoms with Crippen LogP contribution in [0.25, 0.3) is 0 Å². The zero-order valence-electron chi connectivity index (χ0n) is 21.1. The molecule has 0 aromatic carbocycles. The van der Waals surface area contributed by atoms with Gasteiger partial charge >= 0.3 is 11.9 Å². The number of carbonyl (C=O) groups is 3. The molecule has 0 spiro atoms. The number of fused-ring (bicyclic) bond motifs is 5. The molecule has 0 bridgehead atoms. The van der Waals surface area contributed by atoms with Gasteiger partial charge in [0.1, 0.15) is 19.0 Å². The van der Waals surface area contributed by atoms with E-state index < -0.39 is 28.1 Å². The number of nitrogens with zero attached hydrogens (tertiary/aromatic N) is 1. The van der Waals surface area contributed by atoms with Crippen LogP contribution in [0.15, 0.2) is 11.6 Å². The third kappa shape index (κ3) is 3.54. The Morgan fingerprint density at radius 3 is 2.54 bits per heavy atom. The summed E-state index contributed by atoms with van der Waals surface area (Å²) in [6.07, 6.45) is 7.33. The highest BCUT2D eigenvalue weighted by Crippen LogP contribution is 2.70. The zero-order chi connectivity index (χ0) is 25.2. The van der Waals surface area contributed by atoms with Crippen molar-refractivity contribution in [3.05, 3.63) is 11.6 Å². The molecule has 4 fully saturated rings. The van der Waals surface area contributed by atoms with Crippen LogP contribution in [0, 0.1) is 28.6 Å². The number of hydrogen-bond acceptors (Lipinski definition) is 8. The van der Waals surface area contributed by atoms with Gasteiger partial charge in [0.05, 0.1) is 23.2 Å². The molecule has 35 heavy (non-hydrogen) atoms. The predicted molar refractivity (Wildman–Crippen MR) is 126 cm³/mol. The van der Waals surface area contributed by atoms with Crippen molar-refractivity contribution in [2.24, 2.45) is 28.6 Å². The molecule has 2 N–H and O–H groups in total. The lowest BCUT2D eigenvalue weighted by molar-refractivity contribution is -0.249. The molecule has 8 atom stereocenters. The fourth-order valence-electron chi connectivity index (χ4n) is 8.90. The Bertz CT molecular complexity index is 948. The van der Waals surface area contributed by atoms with Gasteiger partial charge in [-0.1, -0.05) is 6.92 Å². The molecule has 0 radical (unpaired) electrons. The number of aliphatic hydroxyl groups is 2. The van der Waals surface area contributed by atoms with Crippen molar-refractivity contribution in [1.29, 1.82) is 0 Å². The molecule has 0 aromatic rings. The number of cyclic esters (lactones) is 1. The second kappa shape index (κ2) is 8.38. The quantitative estimate of drug-likeness (QED) is 0.445. The van der Waals surface area contributed by atoms with Gasteiger partial charge < -0.3 is 24.5 Å². The number of rotatable bonds is 5. The van der Waals surface area contributed by atoms with E-state index in [9.17, 15) is 24.6 Å². The Balaban J connectivity index is 1.39. The number of aldehydes is 1. The van der Waals surface area contributed by atoms with Gasteiger partial charge in [-0.05, 0) is 88.8 Å². The maximum absolute atomic E-state index is 12.8. The summed E-state index contributed by atoms with van der Waals surface area (Å²) >= 11 is 0. The smallest absolute Gasteiger partial charge is 0.331 e. The molecular formula is C27H39NO7. The number of ether oxygens (including phenoxy) is 2. The number of carbonyl (C=O) groups excluding carboxylic acids is 3. The SMILES string of the molecule is CN(C)CC(=O)O[C@H]1CC[C@]2(C=O)[C@H]3CC[C@]4(C)[C@@H](C5=CC(=O)OC5)CC[C@]4(O)[C@@H]3CC[C@]2(O)C1.